The van der Waals surface area contributed by atoms with Crippen molar-refractivity contribution in [1.82, 2.24) is 15.1 Å². The lowest BCUT2D eigenvalue weighted by Crippen LogP contribution is -2.50. The van der Waals surface area contributed by atoms with E-state index in [1.807, 2.05) is 4.90 Å². The van der Waals surface area contributed by atoms with Crippen molar-refractivity contribution < 1.29 is 38.5 Å². The van der Waals surface area contributed by atoms with E-state index in [1.54, 1.807) is 12.1 Å². The van der Waals surface area contributed by atoms with Gasteiger partial charge < -0.3 is 25.2 Å². The Morgan fingerprint density at radius 3 is 2.13 bits per heavy atom. The molecule has 3 N–H and O–H groups in total. The maximum atomic E-state index is 13.7. The van der Waals surface area contributed by atoms with Gasteiger partial charge in [-0.25, -0.2) is 14.0 Å². The number of amides is 2. The van der Waals surface area contributed by atoms with E-state index < -0.39 is 23.7 Å². The highest BCUT2D eigenvalue weighted by atomic mass is 19.1. The summed E-state index contributed by atoms with van der Waals surface area (Å²) in [6.07, 6.45) is 1.38. The third-order valence-corrected chi connectivity index (χ3v) is 4.95. The number of hydrogen-bond acceptors (Lipinski definition) is 6. The summed E-state index contributed by atoms with van der Waals surface area (Å²) in [5.41, 5.74) is 0.0633. The lowest BCUT2D eigenvalue weighted by Gasteiger charge is -2.34. The zero-order valence-corrected chi connectivity index (χ0v) is 17.0. The van der Waals surface area contributed by atoms with E-state index in [2.05, 4.69) is 10.2 Å². The van der Waals surface area contributed by atoms with Crippen molar-refractivity contribution in [1.29, 1.82) is 0 Å². The van der Waals surface area contributed by atoms with Crippen LogP contribution in [-0.4, -0.2) is 95.7 Å². The van der Waals surface area contributed by atoms with Gasteiger partial charge in [-0.2, -0.15) is 0 Å². The van der Waals surface area contributed by atoms with Gasteiger partial charge in [0.15, 0.2) is 0 Å². The molecule has 0 aliphatic carbocycles. The lowest BCUT2D eigenvalue weighted by atomic mass is 10.0. The molecule has 0 radical (unpaired) electrons. The second kappa shape index (κ2) is 12.0. The van der Waals surface area contributed by atoms with Gasteiger partial charge in [0.1, 0.15) is 5.82 Å². The van der Waals surface area contributed by atoms with E-state index in [0.29, 0.717) is 45.7 Å². The topological polar surface area (TPSA) is 136 Å². The van der Waals surface area contributed by atoms with Crippen LogP contribution in [0.3, 0.4) is 0 Å². The largest absolute Gasteiger partial charge is 0.473 e. The molecular formula is C20H26FN3O7. The summed E-state index contributed by atoms with van der Waals surface area (Å²) in [6, 6.07) is 5.93. The van der Waals surface area contributed by atoms with E-state index in [0.717, 1.165) is 13.1 Å². The number of rotatable bonds is 4. The monoisotopic (exact) mass is 439 g/mol. The predicted molar refractivity (Wildman–Crippen MR) is 106 cm³/mol. The number of nitrogens with zero attached hydrogens (tertiary/aromatic N) is 2. The number of carbonyl (C=O) groups excluding carboxylic acids is 2. The summed E-state index contributed by atoms with van der Waals surface area (Å²) in [6.45, 7) is 4.60. The molecule has 2 saturated heterocycles. The van der Waals surface area contributed by atoms with Crippen LogP contribution in [0.5, 0.6) is 0 Å². The molecule has 0 saturated carbocycles. The Bertz CT molecular complexity index is 779. The lowest BCUT2D eigenvalue weighted by molar-refractivity contribution is -0.159. The van der Waals surface area contributed by atoms with Crippen molar-refractivity contribution in [3.05, 3.63) is 35.6 Å². The van der Waals surface area contributed by atoms with Crippen molar-refractivity contribution in [2.75, 3.05) is 45.9 Å². The second-order valence-electron chi connectivity index (χ2n) is 7.11. The highest BCUT2D eigenvalue weighted by Crippen LogP contribution is 2.13. The average Bonchev–Trinajstić information content (AvgIpc) is 2.75. The maximum absolute atomic E-state index is 13.7. The fourth-order valence-corrected chi connectivity index (χ4v) is 3.23. The summed E-state index contributed by atoms with van der Waals surface area (Å²) in [4.78, 5) is 46.7. The Labute approximate surface area is 178 Å². The van der Waals surface area contributed by atoms with E-state index in [9.17, 15) is 14.0 Å². The van der Waals surface area contributed by atoms with Crippen LogP contribution in [0.1, 0.15) is 23.2 Å². The zero-order chi connectivity index (χ0) is 22.8. The number of aliphatic carboxylic acids is 2. The van der Waals surface area contributed by atoms with Crippen LogP contribution < -0.4 is 5.32 Å². The number of ether oxygens (including phenoxy) is 1. The first kappa shape index (κ1) is 24.2. The Kier molecular flexibility index (Phi) is 9.35. The number of carboxylic acid groups (broad SMARTS) is 2. The third kappa shape index (κ3) is 7.95. The minimum absolute atomic E-state index is 0.0282. The first-order valence-corrected chi connectivity index (χ1v) is 9.87. The number of piperidine rings is 1. The Hall–Kier alpha value is -3.05. The van der Waals surface area contributed by atoms with Crippen molar-refractivity contribution in [2.24, 2.45) is 0 Å². The van der Waals surface area contributed by atoms with Crippen molar-refractivity contribution in [2.45, 2.75) is 18.9 Å². The molecule has 2 amide bonds. The summed E-state index contributed by atoms with van der Waals surface area (Å²) < 4.78 is 18.9. The van der Waals surface area contributed by atoms with Crippen LogP contribution in [-0.2, 0) is 19.1 Å². The van der Waals surface area contributed by atoms with Gasteiger partial charge >= 0.3 is 11.9 Å². The number of halogens is 1. The second-order valence-corrected chi connectivity index (χ2v) is 7.11. The van der Waals surface area contributed by atoms with E-state index in [4.69, 9.17) is 24.5 Å². The molecule has 1 aromatic rings. The van der Waals surface area contributed by atoms with E-state index in [1.165, 1.54) is 12.1 Å². The smallest absolute Gasteiger partial charge is 0.414 e. The highest BCUT2D eigenvalue weighted by Gasteiger charge is 2.26. The third-order valence-electron chi connectivity index (χ3n) is 4.95. The van der Waals surface area contributed by atoms with Crippen LogP contribution in [0, 0.1) is 5.82 Å². The Balaban J connectivity index is 0.000000501. The van der Waals surface area contributed by atoms with Crippen LogP contribution in [0.25, 0.3) is 0 Å². The number of hydrogen-bond donors (Lipinski definition) is 3. The van der Waals surface area contributed by atoms with E-state index >= 15 is 0 Å². The molecule has 0 atom stereocenters. The molecule has 2 aliphatic rings. The van der Waals surface area contributed by atoms with Gasteiger partial charge in [-0.3, -0.25) is 14.5 Å². The molecule has 0 bridgehead atoms. The number of benzene rings is 1. The van der Waals surface area contributed by atoms with Gasteiger partial charge in [-0.1, -0.05) is 12.1 Å². The molecule has 2 heterocycles. The standard InChI is InChI=1S/C18H24FN3O3.C2H2O4/c19-16-4-2-1-3-15(16)18(24)20-14-5-7-22(8-6-14)17(23)13-21-9-11-25-12-10-21;3-1(4)2(5)6/h1-4,14H,5-13H2,(H,20,24);(H,3,4)(H,5,6). The summed E-state index contributed by atoms with van der Waals surface area (Å²) >= 11 is 0. The molecule has 0 aromatic heterocycles. The van der Waals surface area contributed by atoms with Crippen molar-refractivity contribution in [3.8, 4) is 0 Å². The zero-order valence-electron chi connectivity index (χ0n) is 17.0. The molecule has 10 nitrogen and oxygen atoms in total. The quantitative estimate of drug-likeness (QED) is 0.559. The van der Waals surface area contributed by atoms with Crippen molar-refractivity contribution in [3.63, 3.8) is 0 Å². The van der Waals surface area contributed by atoms with Gasteiger partial charge in [0.25, 0.3) is 5.91 Å². The number of likely N-dealkylation sites (tertiary alicyclic amines) is 1. The molecule has 2 aliphatic heterocycles. The average molecular weight is 439 g/mol. The normalized spacial score (nSPS) is 17.3. The summed E-state index contributed by atoms with van der Waals surface area (Å²) in [5.74, 6) is -4.43. The summed E-state index contributed by atoms with van der Waals surface area (Å²) in [7, 11) is 0. The minimum atomic E-state index is -1.82. The first-order valence-electron chi connectivity index (χ1n) is 9.87. The SMILES string of the molecule is O=C(NC1CCN(C(=O)CN2CCOCC2)CC1)c1ccccc1F.O=C(O)C(=O)O. The van der Waals surface area contributed by atoms with E-state index in [-0.39, 0.29) is 17.5 Å². The molecule has 0 unspecified atom stereocenters. The molecule has 1 aromatic carbocycles. The maximum Gasteiger partial charge on any atom is 0.414 e. The molecular weight excluding hydrogens is 413 g/mol. The Morgan fingerprint density at radius 1 is 1.00 bits per heavy atom. The Morgan fingerprint density at radius 2 is 1.58 bits per heavy atom. The molecule has 2 fully saturated rings. The number of carbonyl (C=O) groups is 4. The van der Waals surface area contributed by atoms with Gasteiger partial charge in [0, 0.05) is 32.2 Å². The first-order chi connectivity index (χ1) is 14.8. The fourth-order valence-electron chi connectivity index (χ4n) is 3.23. The number of morpholine rings is 1. The molecule has 0 spiro atoms. The number of carboxylic acids is 2. The van der Waals surface area contributed by atoms with Gasteiger partial charge in [0.05, 0.1) is 25.3 Å². The molecule has 3 rings (SSSR count). The minimum Gasteiger partial charge on any atom is -0.473 e. The highest BCUT2D eigenvalue weighted by molar-refractivity contribution is 6.27. The van der Waals surface area contributed by atoms with Crippen LogP contribution in [0.2, 0.25) is 0 Å². The van der Waals surface area contributed by atoms with Gasteiger partial charge in [-0.15, -0.1) is 0 Å². The summed E-state index contributed by atoms with van der Waals surface area (Å²) in [5, 5.41) is 17.7. The van der Waals surface area contributed by atoms with Crippen molar-refractivity contribution >= 4 is 23.8 Å². The predicted octanol–water partition coefficient (Wildman–Crippen LogP) is 0.0343. The van der Waals surface area contributed by atoms with Gasteiger partial charge in [0.2, 0.25) is 5.91 Å². The van der Waals surface area contributed by atoms with Crippen LogP contribution in [0.15, 0.2) is 24.3 Å². The van der Waals surface area contributed by atoms with Gasteiger partial charge in [-0.05, 0) is 25.0 Å². The van der Waals surface area contributed by atoms with Crippen LogP contribution >= 0.6 is 0 Å². The molecule has 170 valence electrons. The fraction of sp³-hybridized carbons (Fsp3) is 0.500. The molecule has 11 heteroatoms. The number of nitrogens with one attached hydrogen (secondary N) is 1. The molecule has 31 heavy (non-hydrogen) atoms. The van der Waals surface area contributed by atoms with Crippen LogP contribution in [0.4, 0.5) is 4.39 Å².